The molecule has 2 aliphatic heterocycles. The van der Waals surface area contributed by atoms with E-state index < -0.39 is 0 Å². The Bertz CT molecular complexity index is 580. The van der Waals surface area contributed by atoms with Gasteiger partial charge in [-0.15, -0.1) is 0 Å². The van der Waals surface area contributed by atoms with E-state index in [9.17, 15) is 4.79 Å². The number of hydrogen-bond donors (Lipinski definition) is 0. The highest BCUT2D eigenvalue weighted by molar-refractivity contribution is 5.99. The van der Waals surface area contributed by atoms with Crippen molar-refractivity contribution >= 4 is 11.7 Å². The van der Waals surface area contributed by atoms with Crippen LogP contribution >= 0.6 is 0 Å². The average Bonchev–Trinajstić information content (AvgIpc) is 2.68. The number of carbonyl (C=O) groups excluding carboxylic acids is 1. The van der Waals surface area contributed by atoms with Crippen LogP contribution in [-0.4, -0.2) is 41.5 Å². The molecule has 2 atom stereocenters. The van der Waals surface area contributed by atoms with Crippen LogP contribution in [0.3, 0.4) is 0 Å². The molecule has 1 saturated carbocycles. The molecule has 4 nitrogen and oxygen atoms in total. The fraction of sp³-hybridized carbons (Fsp3) is 0.700. The van der Waals surface area contributed by atoms with E-state index in [-0.39, 0.29) is 5.91 Å². The first-order valence-corrected chi connectivity index (χ1v) is 9.85. The first-order chi connectivity index (χ1) is 11.8. The highest BCUT2D eigenvalue weighted by Crippen LogP contribution is 2.36. The van der Waals surface area contributed by atoms with Crippen LogP contribution in [0.4, 0.5) is 5.82 Å². The Hall–Kier alpha value is -1.58. The minimum atomic E-state index is 0.222. The van der Waals surface area contributed by atoms with Gasteiger partial charge in [0.2, 0.25) is 0 Å². The predicted octanol–water partition coefficient (Wildman–Crippen LogP) is 3.87. The van der Waals surface area contributed by atoms with Gasteiger partial charge in [-0.3, -0.25) is 4.79 Å². The zero-order valence-electron chi connectivity index (χ0n) is 14.6. The normalized spacial score (nSPS) is 27.7. The molecule has 3 fully saturated rings. The molecule has 2 saturated heterocycles. The molecule has 1 amide bonds. The number of aromatic nitrogens is 1. The van der Waals surface area contributed by atoms with Crippen molar-refractivity contribution in [2.75, 3.05) is 24.5 Å². The fourth-order valence-corrected chi connectivity index (χ4v) is 4.95. The molecule has 0 spiro atoms. The highest BCUT2D eigenvalue weighted by atomic mass is 16.2. The van der Waals surface area contributed by atoms with Crippen LogP contribution in [-0.2, 0) is 0 Å². The van der Waals surface area contributed by atoms with E-state index in [0.29, 0.717) is 6.04 Å². The molecule has 1 aromatic heterocycles. The molecule has 1 aliphatic carbocycles. The van der Waals surface area contributed by atoms with E-state index in [1.165, 1.54) is 51.4 Å². The predicted molar refractivity (Wildman–Crippen MR) is 96.3 cm³/mol. The summed E-state index contributed by atoms with van der Waals surface area (Å²) in [7, 11) is 0. The standard InChI is InChI=1S/C20H29N3O/c24-20(23-15-7-9-16-8-2-3-11-18(16)23)17-10-6-12-21-19(17)22-13-4-1-5-14-22/h6,10,12,16,18H,1-5,7-9,11,13-15H2. The molecule has 4 rings (SSSR count). The molecule has 130 valence electrons. The number of rotatable bonds is 2. The number of anilines is 1. The van der Waals surface area contributed by atoms with Gasteiger partial charge >= 0.3 is 0 Å². The van der Waals surface area contributed by atoms with Gasteiger partial charge in [0.05, 0.1) is 5.56 Å². The number of piperidine rings is 2. The lowest BCUT2D eigenvalue weighted by atomic mass is 9.78. The third-order valence-electron chi connectivity index (χ3n) is 6.18. The SMILES string of the molecule is O=C(c1cccnc1N1CCCCC1)N1CCCC2CCCCC21. The fourth-order valence-electron chi connectivity index (χ4n) is 4.95. The van der Waals surface area contributed by atoms with E-state index in [4.69, 9.17) is 0 Å². The molecule has 4 heteroatoms. The molecule has 0 radical (unpaired) electrons. The van der Waals surface area contributed by atoms with Crippen molar-refractivity contribution in [1.82, 2.24) is 9.88 Å². The third-order valence-corrected chi connectivity index (χ3v) is 6.18. The molecular formula is C20H29N3O. The van der Waals surface area contributed by atoms with E-state index in [0.717, 1.165) is 43.4 Å². The summed E-state index contributed by atoms with van der Waals surface area (Å²) in [6.07, 6.45) is 13.1. The van der Waals surface area contributed by atoms with Crippen molar-refractivity contribution in [2.24, 2.45) is 5.92 Å². The summed E-state index contributed by atoms with van der Waals surface area (Å²) in [5.74, 6) is 1.87. The average molecular weight is 327 g/mol. The van der Waals surface area contributed by atoms with Crippen molar-refractivity contribution < 1.29 is 4.79 Å². The molecule has 3 heterocycles. The van der Waals surface area contributed by atoms with Gasteiger partial charge in [0.1, 0.15) is 5.82 Å². The van der Waals surface area contributed by atoms with Gasteiger partial charge in [0.15, 0.2) is 0 Å². The van der Waals surface area contributed by atoms with Crippen molar-refractivity contribution in [3.8, 4) is 0 Å². The Kier molecular flexibility index (Phi) is 4.72. The quantitative estimate of drug-likeness (QED) is 0.827. The van der Waals surface area contributed by atoms with E-state index in [2.05, 4.69) is 14.8 Å². The Morgan fingerprint density at radius 2 is 1.75 bits per heavy atom. The molecule has 3 aliphatic rings. The van der Waals surface area contributed by atoms with E-state index in [1.807, 2.05) is 18.3 Å². The van der Waals surface area contributed by atoms with Crippen LogP contribution in [0, 0.1) is 5.92 Å². The van der Waals surface area contributed by atoms with Crippen LogP contribution in [0.5, 0.6) is 0 Å². The molecule has 0 aromatic carbocycles. The monoisotopic (exact) mass is 327 g/mol. The summed E-state index contributed by atoms with van der Waals surface area (Å²) in [5, 5.41) is 0. The Labute approximate surface area is 145 Å². The van der Waals surface area contributed by atoms with Crippen molar-refractivity contribution in [3.63, 3.8) is 0 Å². The Morgan fingerprint density at radius 1 is 0.958 bits per heavy atom. The summed E-state index contributed by atoms with van der Waals surface area (Å²) < 4.78 is 0. The second-order valence-corrected chi connectivity index (χ2v) is 7.67. The summed E-state index contributed by atoms with van der Waals surface area (Å²) in [4.78, 5) is 22.5. The van der Waals surface area contributed by atoms with Crippen LogP contribution in [0.15, 0.2) is 18.3 Å². The van der Waals surface area contributed by atoms with Crippen LogP contribution in [0.2, 0.25) is 0 Å². The smallest absolute Gasteiger partial charge is 0.257 e. The topological polar surface area (TPSA) is 36.4 Å². The van der Waals surface area contributed by atoms with Crippen molar-refractivity contribution in [3.05, 3.63) is 23.9 Å². The number of amides is 1. The van der Waals surface area contributed by atoms with E-state index >= 15 is 0 Å². The largest absolute Gasteiger partial charge is 0.356 e. The maximum absolute atomic E-state index is 13.4. The second kappa shape index (κ2) is 7.12. The van der Waals surface area contributed by atoms with Gasteiger partial charge in [-0.2, -0.15) is 0 Å². The summed E-state index contributed by atoms with van der Waals surface area (Å²) in [5.41, 5.74) is 0.825. The number of fused-ring (bicyclic) bond motifs is 1. The summed E-state index contributed by atoms with van der Waals surface area (Å²) in [6.45, 7) is 2.99. The molecule has 0 bridgehead atoms. The lowest BCUT2D eigenvalue weighted by molar-refractivity contribution is 0.0391. The van der Waals surface area contributed by atoms with Crippen LogP contribution in [0.25, 0.3) is 0 Å². The Balaban J connectivity index is 1.59. The third kappa shape index (κ3) is 3.03. The van der Waals surface area contributed by atoms with Gasteiger partial charge < -0.3 is 9.80 Å². The molecule has 0 N–H and O–H groups in total. The van der Waals surface area contributed by atoms with Gasteiger partial charge in [-0.25, -0.2) is 4.98 Å². The number of hydrogen-bond acceptors (Lipinski definition) is 3. The minimum Gasteiger partial charge on any atom is -0.356 e. The molecule has 2 unspecified atom stereocenters. The lowest BCUT2D eigenvalue weighted by Gasteiger charge is -2.44. The zero-order chi connectivity index (χ0) is 16.4. The second-order valence-electron chi connectivity index (χ2n) is 7.67. The number of likely N-dealkylation sites (tertiary alicyclic amines) is 1. The molecule has 1 aromatic rings. The summed E-state index contributed by atoms with van der Waals surface area (Å²) >= 11 is 0. The maximum atomic E-state index is 13.4. The first-order valence-electron chi connectivity index (χ1n) is 9.85. The van der Waals surface area contributed by atoms with Crippen LogP contribution in [0.1, 0.15) is 68.1 Å². The summed E-state index contributed by atoms with van der Waals surface area (Å²) in [6, 6.07) is 4.38. The number of carbonyl (C=O) groups is 1. The van der Waals surface area contributed by atoms with Crippen molar-refractivity contribution in [1.29, 1.82) is 0 Å². The number of nitrogens with zero attached hydrogens (tertiary/aromatic N) is 3. The first kappa shape index (κ1) is 15.9. The van der Waals surface area contributed by atoms with Crippen LogP contribution < -0.4 is 4.90 Å². The zero-order valence-corrected chi connectivity index (χ0v) is 14.6. The highest BCUT2D eigenvalue weighted by Gasteiger charge is 2.37. The van der Waals surface area contributed by atoms with Crippen molar-refractivity contribution in [2.45, 2.75) is 63.8 Å². The minimum absolute atomic E-state index is 0.222. The van der Waals surface area contributed by atoms with Gasteiger partial charge in [-0.1, -0.05) is 12.8 Å². The van der Waals surface area contributed by atoms with Gasteiger partial charge in [0.25, 0.3) is 5.91 Å². The molecular weight excluding hydrogens is 298 g/mol. The lowest BCUT2D eigenvalue weighted by Crippen LogP contribution is -2.50. The van der Waals surface area contributed by atoms with Gasteiger partial charge in [-0.05, 0) is 63.0 Å². The maximum Gasteiger partial charge on any atom is 0.257 e. The van der Waals surface area contributed by atoms with Gasteiger partial charge in [0, 0.05) is 31.9 Å². The molecule has 24 heavy (non-hydrogen) atoms. The number of pyridine rings is 1. The van der Waals surface area contributed by atoms with E-state index in [1.54, 1.807) is 0 Å². The Morgan fingerprint density at radius 3 is 2.62 bits per heavy atom.